The second kappa shape index (κ2) is 3.84. The van der Waals surface area contributed by atoms with Gasteiger partial charge in [-0.1, -0.05) is 0 Å². The van der Waals surface area contributed by atoms with Gasteiger partial charge >= 0.3 is 5.69 Å². The van der Waals surface area contributed by atoms with Crippen LogP contribution in [0.4, 0.5) is 4.39 Å². The molecule has 0 unspecified atom stereocenters. The number of hydrogen-bond donors (Lipinski definition) is 2. The number of rotatable bonds is 2. The number of nitrogens with zero attached hydrogens (tertiary/aromatic N) is 1. The third-order valence-corrected chi connectivity index (χ3v) is 2.52. The van der Waals surface area contributed by atoms with Gasteiger partial charge in [0, 0.05) is 18.7 Å². The van der Waals surface area contributed by atoms with E-state index in [0.717, 1.165) is 10.6 Å². The summed E-state index contributed by atoms with van der Waals surface area (Å²) in [6.07, 6.45) is 0.339. The van der Waals surface area contributed by atoms with Crippen LogP contribution < -0.4 is 11.2 Å². The molecule has 2 heterocycles. The third kappa shape index (κ3) is 1.91. The van der Waals surface area contributed by atoms with E-state index in [-0.39, 0.29) is 13.0 Å². The predicted octanol–water partition coefficient (Wildman–Crippen LogP) is -0.844. The molecule has 88 valence electrons. The number of hydrogen-bond acceptors (Lipinski definition) is 4. The van der Waals surface area contributed by atoms with Crippen molar-refractivity contribution in [3.05, 3.63) is 33.1 Å². The molecule has 0 saturated carbocycles. The van der Waals surface area contributed by atoms with Gasteiger partial charge in [-0.05, 0) is 0 Å². The lowest BCUT2D eigenvalue weighted by Crippen LogP contribution is -2.32. The van der Waals surface area contributed by atoms with Crippen LogP contribution in [-0.4, -0.2) is 33.5 Å². The van der Waals surface area contributed by atoms with Crippen LogP contribution in [-0.2, 0) is 4.74 Å². The Morgan fingerprint density at radius 2 is 2.44 bits per heavy atom. The van der Waals surface area contributed by atoms with Crippen molar-refractivity contribution in [1.82, 2.24) is 9.55 Å². The average molecular weight is 230 g/mol. The maximum absolute atomic E-state index is 13.6. The minimum absolute atomic E-state index is 0.116. The summed E-state index contributed by atoms with van der Waals surface area (Å²) in [5, 5.41) is 8.80. The van der Waals surface area contributed by atoms with Gasteiger partial charge in [-0.25, -0.2) is 9.18 Å². The van der Waals surface area contributed by atoms with Gasteiger partial charge in [0.1, 0.15) is 6.23 Å². The molecule has 0 spiro atoms. The van der Waals surface area contributed by atoms with E-state index in [0.29, 0.717) is 0 Å². The number of aromatic nitrogens is 2. The molecule has 2 atom stereocenters. The second-order valence-electron chi connectivity index (χ2n) is 3.80. The van der Waals surface area contributed by atoms with Crippen LogP contribution in [0, 0.1) is 0 Å². The zero-order chi connectivity index (χ0) is 11.8. The smallest absolute Gasteiger partial charge is 0.330 e. The fourth-order valence-electron chi connectivity index (χ4n) is 1.62. The zero-order valence-corrected chi connectivity index (χ0v) is 8.35. The van der Waals surface area contributed by atoms with Crippen LogP contribution in [0.2, 0.25) is 0 Å². The second-order valence-corrected chi connectivity index (χ2v) is 3.80. The van der Waals surface area contributed by atoms with Crippen LogP contribution in [0.5, 0.6) is 0 Å². The van der Waals surface area contributed by atoms with Gasteiger partial charge in [0.15, 0.2) is 5.67 Å². The van der Waals surface area contributed by atoms with Crippen molar-refractivity contribution in [2.45, 2.75) is 18.3 Å². The number of nitrogens with one attached hydrogen (secondary N) is 1. The van der Waals surface area contributed by atoms with Crippen LogP contribution in [0.3, 0.4) is 0 Å². The first-order valence-electron chi connectivity index (χ1n) is 4.77. The highest BCUT2D eigenvalue weighted by Gasteiger charge is 2.41. The molecule has 0 bridgehead atoms. The summed E-state index contributed by atoms with van der Waals surface area (Å²) in [7, 11) is 0. The summed E-state index contributed by atoms with van der Waals surface area (Å²) in [4.78, 5) is 24.2. The Hall–Kier alpha value is -1.47. The van der Waals surface area contributed by atoms with Gasteiger partial charge in [-0.2, -0.15) is 0 Å². The lowest BCUT2D eigenvalue weighted by Gasteiger charge is -2.14. The highest BCUT2D eigenvalue weighted by Crippen LogP contribution is 2.32. The highest BCUT2D eigenvalue weighted by molar-refractivity contribution is 4.91. The fourth-order valence-corrected chi connectivity index (χ4v) is 1.62. The maximum Gasteiger partial charge on any atom is 0.330 e. The minimum atomic E-state index is -1.82. The molecule has 1 saturated heterocycles. The molecule has 2 N–H and O–H groups in total. The Kier molecular flexibility index (Phi) is 2.64. The van der Waals surface area contributed by atoms with E-state index in [1.54, 1.807) is 0 Å². The predicted molar refractivity (Wildman–Crippen MR) is 51.9 cm³/mol. The normalized spacial score (nSPS) is 29.5. The Bertz CT molecular complexity index is 497. The molecule has 0 radical (unpaired) electrons. The van der Waals surface area contributed by atoms with E-state index in [1.807, 2.05) is 4.98 Å². The molecule has 1 aliphatic heterocycles. The molecule has 0 amide bonds. The number of H-pyrrole nitrogens is 1. The number of aromatic amines is 1. The summed E-state index contributed by atoms with van der Waals surface area (Å²) in [6.45, 7) is -0.915. The van der Waals surface area contributed by atoms with E-state index in [4.69, 9.17) is 9.84 Å². The standard InChI is InChI=1S/C9H11FN2O4/c10-9(4-13)3-7(16-5-9)12-2-1-6(14)11-8(12)15/h1-2,7,13H,3-5H2,(H,11,14,15)/t7-,9+/m0/s1. The van der Waals surface area contributed by atoms with Gasteiger partial charge < -0.3 is 9.84 Å². The topological polar surface area (TPSA) is 84.3 Å². The van der Waals surface area contributed by atoms with Crippen molar-refractivity contribution in [2.75, 3.05) is 13.2 Å². The van der Waals surface area contributed by atoms with E-state index in [2.05, 4.69) is 0 Å². The monoisotopic (exact) mass is 230 g/mol. The third-order valence-electron chi connectivity index (χ3n) is 2.52. The SMILES string of the molecule is O=c1ccn([C@@H]2C[C@@](F)(CO)CO2)c(=O)[nH]1. The molecule has 1 aromatic rings. The largest absolute Gasteiger partial charge is 0.393 e. The molecule has 16 heavy (non-hydrogen) atoms. The molecule has 0 aliphatic carbocycles. The number of halogens is 1. The van der Waals surface area contributed by atoms with Gasteiger partial charge in [0.25, 0.3) is 5.56 Å². The Balaban J connectivity index is 2.27. The molecule has 2 rings (SSSR count). The van der Waals surface area contributed by atoms with Crippen molar-refractivity contribution in [2.24, 2.45) is 0 Å². The van der Waals surface area contributed by atoms with E-state index in [1.165, 1.54) is 6.20 Å². The number of aliphatic hydroxyl groups is 1. The Morgan fingerprint density at radius 3 is 3.00 bits per heavy atom. The number of aliphatic hydroxyl groups excluding tert-OH is 1. The maximum atomic E-state index is 13.6. The quantitative estimate of drug-likeness (QED) is 0.693. The molecular weight excluding hydrogens is 219 g/mol. The minimum Gasteiger partial charge on any atom is -0.393 e. The highest BCUT2D eigenvalue weighted by atomic mass is 19.1. The molecule has 1 fully saturated rings. The Labute approximate surface area is 89.3 Å². The summed E-state index contributed by atoms with van der Waals surface area (Å²) < 4.78 is 19.8. The summed E-state index contributed by atoms with van der Waals surface area (Å²) in [5.74, 6) is 0. The van der Waals surface area contributed by atoms with E-state index in [9.17, 15) is 14.0 Å². The van der Waals surface area contributed by atoms with Crippen molar-refractivity contribution < 1.29 is 14.2 Å². The van der Waals surface area contributed by atoms with Gasteiger partial charge in [0.2, 0.25) is 0 Å². The van der Waals surface area contributed by atoms with Crippen molar-refractivity contribution in [3.63, 3.8) is 0 Å². The van der Waals surface area contributed by atoms with Gasteiger partial charge in [-0.3, -0.25) is 14.3 Å². The van der Waals surface area contributed by atoms with Crippen molar-refractivity contribution in [1.29, 1.82) is 0 Å². The number of ether oxygens (including phenoxy) is 1. The zero-order valence-electron chi connectivity index (χ0n) is 8.35. The van der Waals surface area contributed by atoms with E-state index >= 15 is 0 Å². The lowest BCUT2D eigenvalue weighted by atomic mass is 10.1. The van der Waals surface area contributed by atoms with Crippen molar-refractivity contribution >= 4 is 0 Å². The van der Waals surface area contributed by atoms with Crippen LogP contribution in [0.25, 0.3) is 0 Å². The number of alkyl halides is 1. The fraction of sp³-hybridized carbons (Fsp3) is 0.556. The Morgan fingerprint density at radius 1 is 1.69 bits per heavy atom. The van der Waals surface area contributed by atoms with Crippen LogP contribution in [0.15, 0.2) is 21.9 Å². The summed E-state index contributed by atoms with van der Waals surface area (Å²) in [6, 6.07) is 1.15. The van der Waals surface area contributed by atoms with Gasteiger partial charge in [0.05, 0.1) is 13.2 Å². The first-order chi connectivity index (χ1) is 7.54. The molecular formula is C9H11FN2O4. The molecule has 1 aliphatic rings. The molecule has 0 aromatic carbocycles. The summed E-state index contributed by atoms with van der Waals surface area (Å²) >= 11 is 0. The lowest BCUT2D eigenvalue weighted by molar-refractivity contribution is 0.0273. The van der Waals surface area contributed by atoms with Crippen LogP contribution >= 0.6 is 0 Å². The van der Waals surface area contributed by atoms with Crippen LogP contribution in [0.1, 0.15) is 12.6 Å². The molecule has 6 nitrogen and oxygen atoms in total. The van der Waals surface area contributed by atoms with E-state index < -0.39 is 29.8 Å². The summed E-state index contributed by atoms with van der Waals surface area (Å²) in [5.41, 5.74) is -2.99. The molecule has 1 aromatic heterocycles. The molecule has 7 heteroatoms. The van der Waals surface area contributed by atoms with Crippen molar-refractivity contribution in [3.8, 4) is 0 Å². The first-order valence-corrected chi connectivity index (χ1v) is 4.77. The first kappa shape index (κ1) is 11.0. The average Bonchev–Trinajstić information content (AvgIpc) is 2.62. The van der Waals surface area contributed by atoms with Gasteiger partial charge in [-0.15, -0.1) is 0 Å².